The lowest BCUT2D eigenvalue weighted by molar-refractivity contribution is -0.384. The number of benzene rings is 2. The number of non-ortho nitro benzene ring substituents is 1. The molecule has 0 N–H and O–H groups in total. The van der Waals surface area contributed by atoms with Gasteiger partial charge in [-0.15, -0.1) is 0 Å². The molecule has 0 aliphatic heterocycles. The Hall–Kier alpha value is -3.05. The molecule has 0 aliphatic carbocycles. The second-order valence-corrected chi connectivity index (χ2v) is 5.83. The zero-order valence-electron chi connectivity index (χ0n) is 11.1. The Morgan fingerprint density at radius 3 is 2.18 bits per heavy atom. The SMILES string of the molecule is N#Cc1ccc(C=NS(=O)(=O)c2ccc([N+](=O)[O-])cc2)cc1. The monoisotopic (exact) mass is 315 g/mol. The normalized spacial score (nSPS) is 11.2. The van der Waals surface area contributed by atoms with Gasteiger partial charge < -0.3 is 0 Å². The fourth-order valence-electron chi connectivity index (χ4n) is 1.57. The third-order valence-corrected chi connectivity index (χ3v) is 3.98. The Bertz CT molecular complexity index is 864. The van der Waals surface area contributed by atoms with Crippen LogP contribution >= 0.6 is 0 Å². The van der Waals surface area contributed by atoms with Crippen LogP contribution in [0.15, 0.2) is 57.8 Å². The highest BCUT2D eigenvalue weighted by atomic mass is 32.2. The molecule has 0 unspecified atom stereocenters. The number of hydrogen-bond acceptors (Lipinski definition) is 5. The van der Waals surface area contributed by atoms with Gasteiger partial charge >= 0.3 is 0 Å². The molecule has 0 spiro atoms. The third kappa shape index (κ3) is 3.53. The molecule has 0 aromatic heterocycles. The lowest BCUT2D eigenvalue weighted by atomic mass is 10.2. The minimum Gasteiger partial charge on any atom is -0.258 e. The van der Waals surface area contributed by atoms with Gasteiger partial charge in [0, 0.05) is 18.3 Å². The van der Waals surface area contributed by atoms with Crippen molar-refractivity contribution in [3.05, 3.63) is 69.8 Å². The summed E-state index contributed by atoms with van der Waals surface area (Å²) in [4.78, 5) is 9.78. The van der Waals surface area contributed by atoms with Crippen LogP contribution in [-0.4, -0.2) is 19.6 Å². The van der Waals surface area contributed by atoms with E-state index < -0.39 is 14.9 Å². The van der Waals surface area contributed by atoms with Gasteiger partial charge in [-0.1, -0.05) is 12.1 Å². The molecule has 0 atom stereocenters. The van der Waals surface area contributed by atoms with E-state index in [1.165, 1.54) is 0 Å². The van der Waals surface area contributed by atoms with E-state index in [-0.39, 0.29) is 10.6 Å². The summed E-state index contributed by atoms with van der Waals surface area (Å²) in [6.45, 7) is 0. The van der Waals surface area contributed by atoms with Crippen LogP contribution in [0.5, 0.6) is 0 Å². The molecular formula is C14H9N3O4S. The number of nitro benzene ring substituents is 1. The zero-order chi connectivity index (χ0) is 16.2. The Labute approximate surface area is 126 Å². The van der Waals surface area contributed by atoms with Crippen molar-refractivity contribution >= 4 is 21.9 Å². The van der Waals surface area contributed by atoms with Crippen LogP contribution in [0.4, 0.5) is 5.69 Å². The molecule has 110 valence electrons. The molecule has 0 saturated heterocycles. The van der Waals surface area contributed by atoms with E-state index in [9.17, 15) is 18.5 Å². The maximum Gasteiger partial charge on any atom is 0.282 e. The molecule has 0 radical (unpaired) electrons. The van der Waals surface area contributed by atoms with E-state index in [2.05, 4.69) is 4.40 Å². The minimum absolute atomic E-state index is 0.136. The van der Waals surface area contributed by atoms with Gasteiger partial charge in [0.15, 0.2) is 0 Å². The molecule has 0 heterocycles. The Morgan fingerprint density at radius 1 is 1.09 bits per heavy atom. The molecule has 0 amide bonds. The predicted molar refractivity (Wildman–Crippen MR) is 79.0 cm³/mol. The average Bonchev–Trinajstić information content (AvgIpc) is 2.53. The summed E-state index contributed by atoms with van der Waals surface area (Å²) >= 11 is 0. The van der Waals surface area contributed by atoms with Crippen LogP contribution < -0.4 is 0 Å². The predicted octanol–water partition coefficient (Wildman–Crippen LogP) is 2.27. The van der Waals surface area contributed by atoms with E-state index >= 15 is 0 Å². The maximum atomic E-state index is 12.0. The van der Waals surface area contributed by atoms with Crippen LogP contribution in [-0.2, 0) is 10.0 Å². The smallest absolute Gasteiger partial charge is 0.258 e. The van der Waals surface area contributed by atoms with Crippen LogP contribution in [0.3, 0.4) is 0 Å². The second-order valence-electron chi connectivity index (χ2n) is 4.19. The van der Waals surface area contributed by atoms with Gasteiger partial charge in [-0.2, -0.15) is 18.1 Å². The highest BCUT2D eigenvalue weighted by Crippen LogP contribution is 2.17. The molecule has 22 heavy (non-hydrogen) atoms. The van der Waals surface area contributed by atoms with Crippen LogP contribution in [0.25, 0.3) is 0 Å². The van der Waals surface area contributed by atoms with E-state index in [1.54, 1.807) is 24.3 Å². The first kappa shape index (κ1) is 15.3. The van der Waals surface area contributed by atoms with Crippen LogP contribution in [0, 0.1) is 21.4 Å². The second kappa shape index (κ2) is 6.15. The zero-order valence-corrected chi connectivity index (χ0v) is 11.9. The standard InChI is InChI=1S/C14H9N3O4S/c15-9-11-1-3-12(4-2-11)10-16-22(20,21)14-7-5-13(6-8-14)17(18)19/h1-8,10H. The highest BCUT2D eigenvalue weighted by Gasteiger charge is 2.13. The van der Waals surface area contributed by atoms with E-state index in [1.807, 2.05) is 6.07 Å². The molecular weight excluding hydrogens is 306 g/mol. The lowest BCUT2D eigenvalue weighted by Gasteiger charge is -1.98. The first-order chi connectivity index (χ1) is 10.4. The first-order valence-electron chi connectivity index (χ1n) is 5.97. The highest BCUT2D eigenvalue weighted by molar-refractivity contribution is 7.90. The molecule has 0 bridgehead atoms. The topological polar surface area (TPSA) is 113 Å². The van der Waals surface area contributed by atoms with Crippen LogP contribution in [0.2, 0.25) is 0 Å². The van der Waals surface area contributed by atoms with Gasteiger partial charge in [0.05, 0.1) is 21.5 Å². The molecule has 0 aliphatic rings. The van der Waals surface area contributed by atoms with E-state index in [0.717, 1.165) is 30.5 Å². The molecule has 2 aromatic rings. The number of nitro groups is 1. The molecule has 8 heteroatoms. The molecule has 0 saturated carbocycles. The summed E-state index contributed by atoms with van der Waals surface area (Å²) in [5.74, 6) is 0. The summed E-state index contributed by atoms with van der Waals surface area (Å²) in [5, 5.41) is 19.2. The van der Waals surface area contributed by atoms with E-state index in [0.29, 0.717) is 11.1 Å². The average molecular weight is 315 g/mol. The van der Waals surface area contributed by atoms with Crippen molar-refractivity contribution in [1.82, 2.24) is 0 Å². The molecule has 2 aromatic carbocycles. The minimum atomic E-state index is -3.93. The number of sulfonamides is 1. The van der Waals surface area contributed by atoms with Crippen molar-refractivity contribution in [2.75, 3.05) is 0 Å². The third-order valence-electron chi connectivity index (χ3n) is 2.73. The molecule has 2 rings (SSSR count). The number of nitriles is 1. The lowest BCUT2D eigenvalue weighted by Crippen LogP contribution is -1.98. The number of hydrogen-bond donors (Lipinski definition) is 0. The Balaban J connectivity index is 2.24. The quantitative estimate of drug-likeness (QED) is 0.488. The van der Waals surface area contributed by atoms with Gasteiger partial charge in [0.2, 0.25) is 0 Å². The first-order valence-corrected chi connectivity index (χ1v) is 7.41. The largest absolute Gasteiger partial charge is 0.282 e. The summed E-state index contributed by atoms with van der Waals surface area (Å²) in [6.07, 6.45) is 1.15. The van der Waals surface area contributed by atoms with Crippen LogP contribution in [0.1, 0.15) is 11.1 Å². The Kier molecular flexibility index (Phi) is 4.29. The Morgan fingerprint density at radius 2 is 1.68 bits per heavy atom. The van der Waals surface area contributed by atoms with Gasteiger partial charge in [0.25, 0.3) is 15.7 Å². The van der Waals surface area contributed by atoms with Crippen molar-refractivity contribution in [3.63, 3.8) is 0 Å². The van der Waals surface area contributed by atoms with Crippen molar-refractivity contribution in [2.24, 2.45) is 4.40 Å². The summed E-state index contributed by atoms with van der Waals surface area (Å²) in [5.41, 5.74) is 0.773. The van der Waals surface area contributed by atoms with Crippen molar-refractivity contribution < 1.29 is 13.3 Å². The molecule has 7 nitrogen and oxygen atoms in total. The summed E-state index contributed by atoms with van der Waals surface area (Å²) < 4.78 is 27.5. The van der Waals surface area contributed by atoms with Gasteiger partial charge in [-0.05, 0) is 29.8 Å². The van der Waals surface area contributed by atoms with Gasteiger partial charge in [-0.25, -0.2) is 0 Å². The molecule has 0 fully saturated rings. The fourth-order valence-corrected chi connectivity index (χ4v) is 2.44. The van der Waals surface area contributed by atoms with Crippen molar-refractivity contribution in [2.45, 2.75) is 4.90 Å². The van der Waals surface area contributed by atoms with Crippen molar-refractivity contribution in [1.29, 1.82) is 5.26 Å². The number of nitrogens with zero attached hydrogens (tertiary/aromatic N) is 3. The van der Waals surface area contributed by atoms with Crippen molar-refractivity contribution in [3.8, 4) is 6.07 Å². The summed E-state index contributed by atoms with van der Waals surface area (Å²) in [6, 6.07) is 12.6. The fraction of sp³-hybridized carbons (Fsp3) is 0. The maximum absolute atomic E-state index is 12.0. The number of rotatable bonds is 4. The van der Waals surface area contributed by atoms with Gasteiger partial charge in [-0.3, -0.25) is 10.1 Å². The van der Waals surface area contributed by atoms with E-state index in [4.69, 9.17) is 5.26 Å². The summed E-state index contributed by atoms with van der Waals surface area (Å²) in [7, 11) is -3.93. The van der Waals surface area contributed by atoms with Gasteiger partial charge in [0.1, 0.15) is 0 Å².